The number of rotatable bonds is 11. The van der Waals surface area contributed by atoms with Crippen molar-refractivity contribution in [3.05, 3.63) is 0 Å². The van der Waals surface area contributed by atoms with Crippen LogP contribution in [0, 0.1) is 0 Å². The summed E-state index contributed by atoms with van der Waals surface area (Å²) in [4.78, 5) is 2.23. The maximum atomic E-state index is 11.7. The lowest BCUT2D eigenvalue weighted by molar-refractivity contribution is 0.329. The molecule has 1 aliphatic carbocycles. The Kier molecular flexibility index (Phi) is 7.14. The first kappa shape index (κ1) is 15.9. The fourth-order valence-corrected chi connectivity index (χ4v) is 2.91. The van der Waals surface area contributed by atoms with Gasteiger partial charge in [-0.25, -0.2) is 13.1 Å². The van der Waals surface area contributed by atoms with Crippen LogP contribution in [0.1, 0.15) is 32.6 Å². The van der Waals surface area contributed by atoms with Crippen molar-refractivity contribution in [3.63, 3.8) is 0 Å². The minimum absolute atomic E-state index is 0.219. The number of nitrogens with one attached hydrogen (secondary N) is 2. The first-order chi connectivity index (χ1) is 8.55. The summed E-state index contributed by atoms with van der Waals surface area (Å²) in [7, 11) is -1.03. The highest BCUT2D eigenvalue weighted by Crippen LogP contribution is 2.24. The first-order valence-corrected chi connectivity index (χ1v) is 8.58. The molecular formula is C12H27N3O2S. The van der Waals surface area contributed by atoms with E-state index in [2.05, 4.69) is 28.9 Å². The Morgan fingerprint density at radius 2 is 1.94 bits per heavy atom. The highest BCUT2D eigenvalue weighted by Gasteiger charge is 2.25. The van der Waals surface area contributed by atoms with E-state index < -0.39 is 10.0 Å². The maximum absolute atomic E-state index is 11.7. The quantitative estimate of drug-likeness (QED) is 0.536. The third kappa shape index (κ3) is 7.31. The van der Waals surface area contributed by atoms with Gasteiger partial charge in [-0.05, 0) is 45.8 Å². The van der Waals surface area contributed by atoms with Gasteiger partial charge in [0.05, 0.1) is 5.75 Å². The Morgan fingerprint density at radius 1 is 1.22 bits per heavy atom. The van der Waals surface area contributed by atoms with Crippen molar-refractivity contribution in [1.29, 1.82) is 0 Å². The molecule has 18 heavy (non-hydrogen) atoms. The Bertz CT molecular complexity index is 315. The average molecular weight is 277 g/mol. The molecule has 0 bridgehead atoms. The van der Waals surface area contributed by atoms with Gasteiger partial charge < -0.3 is 10.2 Å². The summed E-state index contributed by atoms with van der Waals surface area (Å²) in [5.74, 6) is 0.219. The molecule has 0 aromatic rings. The third-order valence-corrected chi connectivity index (χ3v) is 4.62. The molecule has 0 amide bonds. The van der Waals surface area contributed by atoms with Gasteiger partial charge in [0, 0.05) is 19.1 Å². The molecule has 0 atom stereocenters. The van der Waals surface area contributed by atoms with Gasteiger partial charge in [0.25, 0.3) is 0 Å². The van der Waals surface area contributed by atoms with E-state index in [1.165, 1.54) is 12.8 Å². The molecule has 0 unspecified atom stereocenters. The molecule has 0 aromatic carbocycles. The van der Waals surface area contributed by atoms with Crippen LogP contribution < -0.4 is 10.0 Å². The van der Waals surface area contributed by atoms with Gasteiger partial charge in [0.15, 0.2) is 0 Å². The minimum Gasteiger partial charge on any atom is -0.317 e. The van der Waals surface area contributed by atoms with Crippen molar-refractivity contribution in [2.75, 3.05) is 39.0 Å². The van der Waals surface area contributed by atoms with E-state index >= 15 is 0 Å². The molecular weight excluding hydrogens is 250 g/mol. The molecule has 108 valence electrons. The van der Waals surface area contributed by atoms with Crippen LogP contribution in [-0.4, -0.2) is 58.3 Å². The Morgan fingerprint density at radius 3 is 2.56 bits per heavy atom. The highest BCUT2D eigenvalue weighted by atomic mass is 32.2. The molecule has 0 spiro atoms. The van der Waals surface area contributed by atoms with E-state index in [0.29, 0.717) is 19.0 Å². The van der Waals surface area contributed by atoms with Crippen molar-refractivity contribution in [2.24, 2.45) is 0 Å². The monoisotopic (exact) mass is 277 g/mol. The zero-order valence-electron chi connectivity index (χ0n) is 11.6. The lowest BCUT2D eigenvalue weighted by Gasteiger charge is -2.15. The fraction of sp³-hybridized carbons (Fsp3) is 1.00. The minimum atomic E-state index is -3.09. The lowest BCUT2D eigenvalue weighted by atomic mass is 10.4. The average Bonchev–Trinajstić information content (AvgIpc) is 3.12. The van der Waals surface area contributed by atoms with Crippen LogP contribution in [0.15, 0.2) is 0 Å². The normalized spacial score (nSPS) is 16.4. The van der Waals surface area contributed by atoms with E-state index in [0.717, 1.165) is 26.1 Å². The molecule has 0 aliphatic heterocycles. The van der Waals surface area contributed by atoms with E-state index in [1.807, 2.05) is 0 Å². The molecule has 2 N–H and O–H groups in total. The van der Waals surface area contributed by atoms with Gasteiger partial charge in [-0.1, -0.05) is 6.92 Å². The summed E-state index contributed by atoms with van der Waals surface area (Å²) >= 11 is 0. The summed E-state index contributed by atoms with van der Waals surface area (Å²) in [6.45, 7) is 5.16. The molecule has 5 nitrogen and oxygen atoms in total. The predicted molar refractivity (Wildman–Crippen MR) is 75.2 cm³/mol. The van der Waals surface area contributed by atoms with Gasteiger partial charge in [0.1, 0.15) is 0 Å². The van der Waals surface area contributed by atoms with Crippen molar-refractivity contribution >= 4 is 10.0 Å². The number of hydrogen-bond donors (Lipinski definition) is 2. The maximum Gasteiger partial charge on any atom is 0.211 e. The van der Waals surface area contributed by atoms with Crippen LogP contribution in [0.2, 0.25) is 0 Å². The van der Waals surface area contributed by atoms with Crippen molar-refractivity contribution in [1.82, 2.24) is 14.9 Å². The smallest absolute Gasteiger partial charge is 0.211 e. The molecule has 0 saturated heterocycles. The lowest BCUT2D eigenvalue weighted by Crippen LogP contribution is -2.35. The van der Waals surface area contributed by atoms with Gasteiger partial charge in [-0.2, -0.15) is 0 Å². The first-order valence-electron chi connectivity index (χ1n) is 6.93. The largest absolute Gasteiger partial charge is 0.317 e. The van der Waals surface area contributed by atoms with Gasteiger partial charge in [-0.3, -0.25) is 0 Å². The second-order valence-electron chi connectivity index (χ2n) is 5.03. The van der Waals surface area contributed by atoms with Crippen LogP contribution in [0.3, 0.4) is 0 Å². The van der Waals surface area contributed by atoms with Crippen molar-refractivity contribution < 1.29 is 8.42 Å². The summed E-state index contributed by atoms with van der Waals surface area (Å²) in [5, 5.41) is 3.20. The summed E-state index contributed by atoms with van der Waals surface area (Å²) < 4.78 is 26.0. The predicted octanol–water partition coefficient (Wildman–Crippen LogP) is 0.390. The molecule has 0 radical (unpaired) electrons. The topological polar surface area (TPSA) is 61.4 Å². The number of likely N-dealkylation sites (N-methyl/N-ethyl adjacent to an activating group) is 1. The van der Waals surface area contributed by atoms with E-state index in [-0.39, 0.29) is 5.75 Å². The second kappa shape index (κ2) is 8.09. The Labute approximate surface area is 111 Å². The molecule has 1 saturated carbocycles. The standard InChI is InChI=1S/C12H27N3O2S/c1-3-7-13-8-4-11-18(16,17)14-9-10-15(2)12-5-6-12/h12-14H,3-11H2,1-2H3. The van der Waals surface area contributed by atoms with Crippen LogP contribution in [-0.2, 0) is 10.0 Å². The van der Waals surface area contributed by atoms with Crippen molar-refractivity contribution in [3.8, 4) is 0 Å². The zero-order chi connectivity index (χ0) is 13.4. The number of sulfonamides is 1. The molecule has 6 heteroatoms. The van der Waals surface area contributed by atoms with E-state index in [4.69, 9.17) is 0 Å². The van der Waals surface area contributed by atoms with E-state index in [1.54, 1.807) is 0 Å². The van der Waals surface area contributed by atoms with Crippen LogP contribution in [0.5, 0.6) is 0 Å². The number of nitrogens with zero attached hydrogens (tertiary/aromatic N) is 1. The van der Waals surface area contributed by atoms with Crippen LogP contribution in [0.25, 0.3) is 0 Å². The van der Waals surface area contributed by atoms with Gasteiger partial charge in [0.2, 0.25) is 10.0 Å². The van der Waals surface area contributed by atoms with Gasteiger partial charge in [-0.15, -0.1) is 0 Å². The van der Waals surface area contributed by atoms with Crippen LogP contribution >= 0.6 is 0 Å². The van der Waals surface area contributed by atoms with Crippen molar-refractivity contribution in [2.45, 2.75) is 38.6 Å². The highest BCUT2D eigenvalue weighted by molar-refractivity contribution is 7.89. The third-order valence-electron chi connectivity index (χ3n) is 3.15. The Hall–Kier alpha value is -0.170. The summed E-state index contributed by atoms with van der Waals surface area (Å²) in [5.41, 5.74) is 0. The molecule has 0 aromatic heterocycles. The second-order valence-corrected chi connectivity index (χ2v) is 6.95. The number of hydrogen-bond acceptors (Lipinski definition) is 4. The molecule has 1 aliphatic rings. The van der Waals surface area contributed by atoms with E-state index in [9.17, 15) is 8.42 Å². The zero-order valence-corrected chi connectivity index (χ0v) is 12.4. The Balaban J connectivity index is 2.03. The van der Waals surface area contributed by atoms with Gasteiger partial charge >= 0.3 is 0 Å². The molecule has 1 fully saturated rings. The molecule has 1 rings (SSSR count). The molecule has 0 heterocycles. The van der Waals surface area contributed by atoms with Crippen LogP contribution in [0.4, 0.5) is 0 Å². The SMILES string of the molecule is CCCNCCCS(=O)(=O)NCCN(C)C1CC1. The summed E-state index contributed by atoms with van der Waals surface area (Å²) in [6.07, 6.45) is 4.27. The summed E-state index contributed by atoms with van der Waals surface area (Å²) in [6, 6.07) is 0.688. The fourth-order valence-electron chi connectivity index (χ4n) is 1.84.